The summed E-state index contributed by atoms with van der Waals surface area (Å²) in [5.41, 5.74) is 0.668. The van der Waals surface area contributed by atoms with Crippen molar-refractivity contribution in [2.45, 2.75) is 6.92 Å². The van der Waals surface area contributed by atoms with Crippen molar-refractivity contribution in [1.82, 2.24) is 5.16 Å². The Labute approximate surface area is 181 Å². The first kappa shape index (κ1) is 20.8. The molecular weight excluding hydrogens is 418 g/mol. The molecule has 3 aromatic rings. The van der Waals surface area contributed by atoms with E-state index in [9.17, 15) is 19.2 Å². The average Bonchev–Trinajstić information content (AvgIpc) is 3.32. The lowest BCUT2D eigenvalue weighted by Crippen LogP contribution is -2.29. The van der Waals surface area contributed by atoms with E-state index in [4.69, 9.17) is 14.0 Å². The van der Waals surface area contributed by atoms with Crippen LogP contribution in [0.2, 0.25) is 0 Å². The van der Waals surface area contributed by atoms with Crippen LogP contribution in [0.25, 0.3) is 0 Å². The molecule has 0 atom stereocenters. The molecule has 0 saturated carbocycles. The molecule has 1 aliphatic heterocycles. The topological polar surface area (TPSA) is 128 Å². The highest BCUT2D eigenvalue weighted by atomic mass is 16.5. The number of anilines is 2. The molecule has 0 radical (unpaired) electrons. The molecule has 162 valence electrons. The molecule has 0 fully saturated rings. The molecule has 2 aromatic carbocycles. The number of nitrogens with one attached hydrogen (secondary N) is 1. The van der Waals surface area contributed by atoms with Crippen LogP contribution in [0.1, 0.15) is 36.8 Å². The summed E-state index contributed by atoms with van der Waals surface area (Å²) in [6.45, 7) is 1.09. The third-order valence-electron chi connectivity index (χ3n) is 4.65. The van der Waals surface area contributed by atoms with Gasteiger partial charge < -0.3 is 19.3 Å². The van der Waals surface area contributed by atoms with Crippen molar-refractivity contribution in [3.63, 3.8) is 0 Å². The molecule has 1 aromatic heterocycles. The number of rotatable bonds is 6. The van der Waals surface area contributed by atoms with Crippen LogP contribution in [0.4, 0.5) is 11.5 Å². The zero-order chi connectivity index (χ0) is 22.8. The fraction of sp³-hybridized carbons (Fsp3) is 0.136. The summed E-state index contributed by atoms with van der Waals surface area (Å²) in [7, 11) is 1.50. The van der Waals surface area contributed by atoms with Crippen molar-refractivity contribution in [3.8, 4) is 5.75 Å². The summed E-state index contributed by atoms with van der Waals surface area (Å²) in [6.07, 6.45) is 0. The highest BCUT2D eigenvalue weighted by Crippen LogP contribution is 2.29. The Morgan fingerprint density at radius 2 is 1.84 bits per heavy atom. The smallest absolute Gasteiger partial charge is 0.338 e. The molecule has 2 heterocycles. The maximum Gasteiger partial charge on any atom is 0.338 e. The van der Waals surface area contributed by atoms with E-state index in [-0.39, 0.29) is 22.5 Å². The summed E-state index contributed by atoms with van der Waals surface area (Å²) in [5.74, 6) is -1.51. The lowest BCUT2D eigenvalue weighted by molar-refractivity contribution is -0.119. The predicted octanol–water partition coefficient (Wildman–Crippen LogP) is 2.59. The van der Waals surface area contributed by atoms with Gasteiger partial charge >= 0.3 is 5.97 Å². The monoisotopic (exact) mass is 435 g/mol. The number of hydrogen-bond acceptors (Lipinski definition) is 8. The molecule has 1 aliphatic rings. The molecular formula is C22H17N3O7. The van der Waals surface area contributed by atoms with Crippen molar-refractivity contribution < 1.29 is 33.2 Å². The maximum absolute atomic E-state index is 12.7. The zero-order valence-corrected chi connectivity index (χ0v) is 17.1. The van der Waals surface area contributed by atoms with Crippen LogP contribution in [0.3, 0.4) is 0 Å². The number of nitrogens with zero attached hydrogens (tertiary/aromatic N) is 2. The van der Waals surface area contributed by atoms with Gasteiger partial charge in [-0.25, -0.2) is 9.69 Å². The van der Waals surface area contributed by atoms with Crippen molar-refractivity contribution in [2.75, 3.05) is 23.9 Å². The molecule has 32 heavy (non-hydrogen) atoms. The second kappa shape index (κ2) is 8.34. The standard InChI is InChI=1S/C22H17N3O7/c1-12-8-18(24-32-12)25-20(27)16-7-6-13(9-17(16)21(25)28)22(29)31-11-19(26)23-14-4-3-5-15(10-14)30-2/h3-10H,11H2,1-2H3,(H,23,26). The Kier molecular flexibility index (Phi) is 5.42. The minimum Gasteiger partial charge on any atom is -0.497 e. The first-order valence-electron chi connectivity index (χ1n) is 9.44. The molecule has 0 spiro atoms. The summed E-state index contributed by atoms with van der Waals surface area (Å²) in [5, 5.41) is 6.29. The minimum absolute atomic E-state index is 0.0252. The lowest BCUT2D eigenvalue weighted by atomic mass is 10.1. The van der Waals surface area contributed by atoms with E-state index < -0.39 is 30.3 Å². The molecule has 0 unspecified atom stereocenters. The summed E-state index contributed by atoms with van der Waals surface area (Å²) < 4.78 is 15.0. The Balaban J connectivity index is 1.43. The quantitative estimate of drug-likeness (QED) is 0.462. The molecule has 10 nitrogen and oxygen atoms in total. The minimum atomic E-state index is -0.815. The van der Waals surface area contributed by atoms with Crippen LogP contribution in [0.15, 0.2) is 53.1 Å². The van der Waals surface area contributed by atoms with Gasteiger partial charge in [-0.05, 0) is 37.3 Å². The highest BCUT2D eigenvalue weighted by molar-refractivity contribution is 6.34. The Morgan fingerprint density at radius 1 is 1.06 bits per heavy atom. The second-order valence-corrected chi connectivity index (χ2v) is 6.86. The lowest BCUT2D eigenvalue weighted by Gasteiger charge is -2.08. The number of hydrogen-bond donors (Lipinski definition) is 1. The molecule has 0 bridgehead atoms. The number of carbonyl (C=O) groups is 4. The predicted molar refractivity (Wildman–Crippen MR) is 111 cm³/mol. The fourth-order valence-electron chi connectivity index (χ4n) is 3.15. The maximum atomic E-state index is 12.7. The van der Waals surface area contributed by atoms with E-state index in [1.165, 1.54) is 31.4 Å². The fourth-order valence-corrected chi connectivity index (χ4v) is 3.15. The van der Waals surface area contributed by atoms with Gasteiger partial charge in [-0.2, -0.15) is 0 Å². The van der Waals surface area contributed by atoms with Gasteiger partial charge in [-0.1, -0.05) is 11.2 Å². The number of imide groups is 1. The summed E-state index contributed by atoms with van der Waals surface area (Å²) >= 11 is 0. The van der Waals surface area contributed by atoms with Crippen molar-refractivity contribution in [1.29, 1.82) is 0 Å². The van der Waals surface area contributed by atoms with E-state index in [1.807, 2.05) is 0 Å². The van der Waals surface area contributed by atoms with Crippen molar-refractivity contribution in [2.24, 2.45) is 0 Å². The summed E-state index contributed by atoms with van der Waals surface area (Å²) in [4.78, 5) is 50.6. The van der Waals surface area contributed by atoms with Crippen LogP contribution in [-0.2, 0) is 9.53 Å². The number of methoxy groups -OCH3 is 1. The van der Waals surface area contributed by atoms with E-state index in [2.05, 4.69) is 10.5 Å². The van der Waals surface area contributed by atoms with Gasteiger partial charge in [0.05, 0.1) is 23.8 Å². The molecule has 1 N–H and O–H groups in total. The van der Waals surface area contributed by atoms with E-state index in [0.717, 1.165) is 4.90 Å². The highest BCUT2D eigenvalue weighted by Gasteiger charge is 2.38. The number of benzene rings is 2. The third-order valence-corrected chi connectivity index (χ3v) is 4.65. The average molecular weight is 435 g/mol. The van der Waals surface area contributed by atoms with Crippen molar-refractivity contribution >= 4 is 35.2 Å². The molecule has 0 aliphatic carbocycles. The van der Waals surface area contributed by atoms with Crippen LogP contribution in [0.5, 0.6) is 5.75 Å². The van der Waals surface area contributed by atoms with Gasteiger partial charge in [0.2, 0.25) is 0 Å². The van der Waals surface area contributed by atoms with E-state index >= 15 is 0 Å². The molecule has 4 rings (SSSR count). The first-order chi connectivity index (χ1) is 15.4. The number of fused-ring (bicyclic) bond motifs is 1. The second-order valence-electron chi connectivity index (χ2n) is 6.86. The Morgan fingerprint density at radius 3 is 2.56 bits per heavy atom. The number of aryl methyl sites for hydroxylation is 1. The van der Waals surface area contributed by atoms with Crippen LogP contribution in [0, 0.1) is 6.92 Å². The molecule has 10 heteroatoms. The van der Waals surface area contributed by atoms with Crippen LogP contribution < -0.4 is 15.0 Å². The van der Waals surface area contributed by atoms with Gasteiger partial charge in [-0.3, -0.25) is 14.4 Å². The molecule has 3 amide bonds. The zero-order valence-electron chi connectivity index (χ0n) is 17.1. The first-order valence-corrected chi connectivity index (χ1v) is 9.44. The number of amides is 3. The van der Waals surface area contributed by atoms with Crippen LogP contribution in [-0.4, -0.2) is 42.6 Å². The third kappa shape index (κ3) is 3.93. The Bertz CT molecular complexity index is 1250. The normalized spacial score (nSPS) is 12.5. The summed E-state index contributed by atoms with van der Waals surface area (Å²) in [6, 6.07) is 12.1. The van der Waals surface area contributed by atoms with Gasteiger partial charge in [0.15, 0.2) is 12.4 Å². The number of ether oxygens (including phenoxy) is 2. The van der Waals surface area contributed by atoms with Gasteiger partial charge in [0, 0.05) is 17.8 Å². The van der Waals surface area contributed by atoms with Gasteiger partial charge in [-0.15, -0.1) is 0 Å². The number of carbonyl (C=O) groups excluding carboxylic acids is 4. The SMILES string of the molecule is COc1cccc(NC(=O)COC(=O)c2ccc3c(c2)C(=O)N(c2cc(C)on2)C3=O)c1. The molecule has 0 saturated heterocycles. The van der Waals surface area contributed by atoms with E-state index in [0.29, 0.717) is 17.2 Å². The number of esters is 1. The van der Waals surface area contributed by atoms with Gasteiger partial charge in [0.1, 0.15) is 11.5 Å². The van der Waals surface area contributed by atoms with Gasteiger partial charge in [0.25, 0.3) is 17.7 Å². The van der Waals surface area contributed by atoms with E-state index in [1.54, 1.807) is 31.2 Å². The Hall–Kier alpha value is -4.47. The largest absolute Gasteiger partial charge is 0.497 e. The van der Waals surface area contributed by atoms with Crippen LogP contribution >= 0.6 is 0 Å². The van der Waals surface area contributed by atoms with Crippen molar-refractivity contribution in [3.05, 3.63) is 71.0 Å². The number of aromatic nitrogens is 1.